The summed E-state index contributed by atoms with van der Waals surface area (Å²) in [6.45, 7) is 0. The van der Waals surface area contributed by atoms with E-state index in [1.807, 2.05) is 0 Å². The molecule has 1 aromatic heterocycles. The molecule has 1 aromatic rings. The summed E-state index contributed by atoms with van der Waals surface area (Å²) in [4.78, 5) is 4.21. The van der Waals surface area contributed by atoms with Crippen LogP contribution in [-0.4, -0.2) is 10.1 Å². The first-order valence-electron chi connectivity index (χ1n) is 4.99. The molecule has 0 saturated heterocycles. The molecular weight excluding hydrogens is 182 g/mol. The van der Waals surface area contributed by atoms with E-state index in [-0.39, 0.29) is 5.88 Å². The van der Waals surface area contributed by atoms with E-state index in [2.05, 4.69) is 4.98 Å². The van der Waals surface area contributed by atoms with Gasteiger partial charge in [0.05, 0.1) is 5.38 Å². The van der Waals surface area contributed by atoms with Crippen molar-refractivity contribution in [3.8, 4) is 5.88 Å². The van der Waals surface area contributed by atoms with Crippen LogP contribution in [0, 0.1) is 11.8 Å². The fourth-order valence-corrected chi connectivity index (χ4v) is 3.10. The van der Waals surface area contributed by atoms with Gasteiger partial charge in [0.25, 0.3) is 0 Å². The second-order valence-corrected chi connectivity index (χ2v) is 5.13. The van der Waals surface area contributed by atoms with Crippen molar-refractivity contribution in [3.63, 3.8) is 0 Å². The first-order valence-corrected chi connectivity index (χ1v) is 5.87. The quantitative estimate of drug-likeness (QED) is 0.804. The van der Waals surface area contributed by atoms with Crippen molar-refractivity contribution in [3.05, 3.63) is 10.4 Å². The van der Waals surface area contributed by atoms with Crippen LogP contribution in [0.15, 0.2) is 5.38 Å². The van der Waals surface area contributed by atoms with Crippen molar-refractivity contribution < 1.29 is 5.11 Å². The minimum Gasteiger partial charge on any atom is -0.493 e. The van der Waals surface area contributed by atoms with E-state index in [0.29, 0.717) is 5.92 Å². The number of rotatable bonds is 3. The Kier molecular flexibility index (Phi) is 1.62. The van der Waals surface area contributed by atoms with E-state index in [9.17, 15) is 5.11 Å². The molecule has 0 bridgehead atoms. The largest absolute Gasteiger partial charge is 0.493 e. The van der Waals surface area contributed by atoms with Crippen LogP contribution in [0.5, 0.6) is 5.88 Å². The van der Waals surface area contributed by atoms with Crippen LogP contribution >= 0.6 is 11.3 Å². The van der Waals surface area contributed by atoms with Crippen molar-refractivity contribution in [1.82, 2.24) is 4.98 Å². The molecule has 2 nitrogen and oxygen atoms in total. The van der Waals surface area contributed by atoms with E-state index >= 15 is 0 Å². The lowest BCUT2D eigenvalue weighted by molar-refractivity contribution is 0.449. The summed E-state index contributed by atoms with van der Waals surface area (Å²) in [5, 5.41) is 12.1. The van der Waals surface area contributed by atoms with Gasteiger partial charge in [0, 0.05) is 5.92 Å². The van der Waals surface area contributed by atoms with Gasteiger partial charge in [-0.05, 0) is 37.5 Å². The van der Waals surface area contributed by atoms with Crippen molar-refractivity contribution in [2.24, 2.45) is 11.8 Å². The fraction of sp³-hybridized carbons (Fsp3) is 0.700. The molecular formula is C10H13NOS. The summed E-state index contributed by atoms with van der Waals surface area (Å²) in [5.41, 5.74) is 0. The van der Waals surface area contributed by atoms with Gasteiger partial charge >= 0.3 is 0 Å². The predicted molar refractivity (Wildman–Crippen MR) is 52.0 cm³/mol. The monoisotopic (exact) mass is 195 g/mol. The van der Waals surface area contributed by atoms with Crippen molar-refractivity contribution in [2.45, 2.75) is 31.6 Å². The Labute approximate surface area is 81.6 Å². The van der Waals surface area contributed by atoms with Crippen LogP contribution in [0.25, 0.3) is 0 Å². The van der Waals surface area contributed by atoms with Crippen molar-refractivity contribution in [1.29, 1.82) is 0 Å². The van der Waals surface area contributed by atoms with Gasteiger partial charge in [-0.2, -0.15) is 0 Å². The van der Waals surface area contributed by atoms with Crippen LogP contribution in [-0.2, 0) is 0 Å². The molecule has 0 aliphatic heterocycles. The lowest BCUT2D eigenvalue weighted by Crippen LogP contribution is -2.02. The van der Waals surface area contributed by atoms with E-state index in [4.69, 9.17) is 0 Å². The minimum absolute atomic E-state index is 0.214. The Morgan fingerprint density at radius 1 is 1.31 bits per heavy atom. The molecule has 0 atom stereocenters. The second-order valence-electron chi connectivity index (χ2n) is 4.24. The summed E-state index contributed by atoms with van der Waals surface area (Å²) in [6.07, 6.45) is 5.51. The van der Waals surface area contributed by atoms with Crippen LogP contribution in [0.3, 0.4) is 0 Å². The molecule has 1 N–H and O–H groups in total. The molecule has 2 fully saturated rings. The average molecular weight is 195 g/mol. The van der Waals surface area contributed by atoms with Gasteiger partial charge in [-0.1, -0.05) is 0 Å². The van der Waals surface area contributed by atoms with Crippen molar-refractivity contribution in [2.75, 3.05) is 0 Å². The molecule has 13 heavy (non-hydrogen) atoms. The minimum atomic E-state index is 0.214. The molecule has 0 spiro atoms. The molecule has 0 aromatic carbocycles. The van der Waals surface area contributed by atoms with Gasteiger partial charge < -0.3 is 5.11 Å². The van der Waals surface area contributed by atoms with Crippen LogP contribution in [0.2, 0.25) is 0 Å². The maximum absolute atomic E-state index is 9.21. The summed E-state index contributed by atoms with van der Waals surface area (Å²) >= 11 is 1.63. The topological polar surface area (TPSA) is 33.1 Å². The van der Waals surface area contributed by atoms with E-state index < -0.39 is 0 Å². The lowest BCUT2D eigenvalue weighted by Gasteiger charge is -2.10. The lowest BCUT2D eigenvalue weighted by atomic mass is 9.99. The smallest absolute Gasteiger partial charge is 0.222 e. The maximum atomic E-state index is 9.21. The standard InChI is InChI=1S/C10H13NOS/c12-8-5-13-10(11-8)9(6-1-2-6)7-3-4-7/h5-7,9,12H,1-4H2. The van der Waals surface area contributed by atoms with Gasteiger partial charge in [-0.15, -0.1) is 11.3 Å². The number of thiazole rings is 1. The normalized spacial score (nSPS) is 22.5. The number of hydrogen-bond acceptors (Lipinski definition) is 3. The zero-order valence-electron chi connectivity index (χ0n) is 7.44. The van der Waals surface area contributed by atoms with Crippen LogP contribution in [0.1, 0.15) is 36.6 Å². The van der Waals surface area contributed by atoms with E-state index in [1.54, 1.807) is 16.7 Å². The van der Waals surface area contributed by atoms with Gasteiger partial charge in [0.2, 0.25) is 5.88 Å². The maximum Gasteiger partial charge on any atom is 0.222 e. The highest BCUT2D eigenvalue weighted by Gasteiger charge is 2.43. The van der Waals surface area contributed by atoms with Crippen LogP contribution < -0.4 is 0 Å². The molecule has 2 aliphatic carbocycles. The number of nitrogens with zero attached hydrogens (tertiary/aromatic N) is 1. The molecule has 3 rings (SSSR count). The zero-order chi connectivity index (χ0) is 8.84. The SMILES string of the molecule is Oc1csc(C(C2CC2)C2CC2)n1. The number of hydrogen-bond donors (Lipinski definition) is 1. The Balaban J connectivity index is 1.86. The highest BCUT2D eigenvalue weighted by molar-refractivity contribution is 7.09. The molecule has 3 heteroatoms. The first kappa shape index (κ1) is 7.80. The Morgan fingerprint density at radius 3 is 2.31 bits per heavy atom. The summed E-state index contributed by atoms with van der Waals surface area (Å²) in [6, 6.07) is 0. The third-order valence-electron chi connectivity index (χ3n) is 3.05. The predicted octanol–water partition coefficient (Wildman–Crippen LogP) is 2.75. The third kappa shape index (κ3) is 1.46. The van der Waals surface area contributed by atoms with Crippen LogP contribution in [0.4, 0.5) is 0 Å². The zero-order valence-corrected chi connectivity index (χ0v) is 8.26. The average Bonchev–Trinajstić information content (AvgIpc) is 2.95. The molecule has 2 saturated carbocycles. The fourth-order valence-electron chi connectivity index (χ4n) is 2.13. The Bertz CT molecular complexity index is 302. The first-order chi connectivity index (χ1) is 6.34. The molecule has 0 unspecified atom stereocenters. The van der Waals surface area contributed by atoms with Gasteiger partial charge in [-0.3, -0.25) is 0 Å². The molecule has 0 amide bonds. The summed E-state index contributed by atoms with van der Waals surface area (Å²) in [5.74, 6) is 2.67. The van der Waals surface area contributed by atoms with E-state index in [1.165, 1.54) is 30.7 Å². The molecule has 1 heterocycles. The number of aromatic nitrogens is 1. The summed E-state index contributed by atoms with van der Waals surface area (Å²) < 4.78 is 0. The molecule has 0 radical (unpaired) electrons. The van der Waals surface area contributed by atoms with E-state index in [0.717, 1.165) is 11.8 Å². The molecule has 70 valence electrons. The van der Waals surface area contributed by atoms with Crippen molar-refractivity contribution >= 4 is 11.3 Å². The highest BCUT2D eigenvalue weighted by Crippen LogP contribution is 2.55. The highest BCUT2D eigenvalue weighted by atomic mass is 32.1. The summed E-state index contributed by atoms with van der Waals surface area (Å²) in [7, 11) is 0. The Hall–Kier alpha value is -0.570. The molecule has 2 aliphatic rings. The third-order valence-corrected chi connectivity index (χ3v) is 3.99. The van der Waals surface area contributed by atoms with Gasteiger partial charge in [0.15, 0.2) is 0 Å². The van der Waals surface area contributed by atoms with Gasteiger partial charge in [0.1, 0.15) is 5.01 Å². The van der Waals surface area contributed by atoms with Gasteiger partial charge in [-0.25, -0.2) is 4.98 Å². The number of aromatic hydroxyl groups is 1. The second kappa shape index (κ2) is 2.71. The Morgan fingerprint density at radius 2 is 1.92 bits per heavy atom.